The zero-order valence-electron chi connectivity index (χ0n) is 6.13. The predicted octanol–water partition coefficient (Wildman–Crippen LogP) is -0.0574. The molecule has 0 heterocycles. The average molecular weight is 166 g/mol. The van der Waals surface area contributed by atoms with E-state index in [1.54, 1.807) is 0 Å². The van der Waals surface area contributed by atoms with Gasteiger partial charge in [0, 0.05) is 0 Å². The van der Waals surface area contributed by atoms with Crippen molar-refractivity contribution in [1.82, 2.24) is 0 Å². The molecular formula is C8H6O4. The molecule has 0 bridgehead atoms. The number of carbonyl (C=O) groups is 2. The maximum absolute atomic E-state index is 9.90. The third-order valence-electron chi connectivity index (χ3n) is 0.719. The van der Waals surface area contributed by atoms with Crippen molar-refractivity contribution in [3.05, 3.63) is 0 Å². The van der Waals surface area contributed by atoms with Crippen LogP contribution < -0.4 is 0 Å². The molecule has 4 heteroatoms. The van der Waals surface area contributed by atoms with Crippen molar-refractivity contribution in [3.63, 3.8) is 0 Å². The van der Waals surface area contributed by atoms with E-state index in [1.165, 1.54) is 0 Å². The van der Waals surface area contributed by atoms with E-state index in [9.17, 15) is 9.59 Å². The van der Waals surface area contributed by atoms with Crippen LogP contribution in [0.25, 0.3) is 0 Å². The van der Waals surface area contributed by atoms with E-state index in [-0.39, 0.29) is 12.8 Å². The van der Waals surface area contributed by atoms with Gasteiger partial charge in [0.15, 0.2) is 0 Å². The van der Waals surface area contributed by atoms with Crippen molar-refractivity contribution < 1.29 is 19.8 Å². The average Bonchev–Trinajstić information content (AvgIpc) is 1.95. The van der Waals surface area contributed by atoms with Gasteiger partial charge in [-0.25, -0.2) is 0 Å². The highest BCUT2D eigenvalue weighted by Crippen LogP contribution is 1.74. The highest BCUT2D eigenvalue weighted by Gasteiger charge is 1.88. The molecule has 0 spiro atoms. The zero-order valence-corrected chi connectivity index (χ0v) is 6.13. The van der Waals surface area contributed by atoms with Gasteiger partial charge in [-0.1, -0.05) is 11.8 Å². The lowest BCUT2D eigenvalue weighted by atomic mass is 10.4. The van der Waals surface area contributed by atoms with Gasteiger partial charge in [0.1, 0.15) is 12.8 Å². The minimum atomic E-state index is -1.03. The molecule has 0 unspecified atom stereocenters. The van der Waals surface area contributed by atoms with Crippen LogP contribution in [0.3, 0.4) is 0 Å². The highest BCUT2D eigenvalue weighted by atomic mass is 16.4. The number of rotatable bonds is 2. The van der Waals surface area contributed by atoms with Crippen molar-refractivity contribution in [2.45, 2.75) is 12.8 Å². The predicted molar refractivity (Wildman–Crippen MR) is 40.1 cm³/mol. The number of carboxylic acids is 2. The summed E-state index contributed by atoms with van der Waals surface area (Å²) in [4.78, 5) is 19.8. The Bertz CT molecular complexity index is 262. The van der Waals surface area contributed by atoms with Crippen molar-refractivity contribution in [1.29, 1.82) is 0 Å². The first-order chi connectivity index (χ1) is 5.63. The molecule has 0 fully saturated rings. The van der Waals surface area contributed by atoms with Crippen molar-refractivity contribution in [3.8, 4) is 23.7 Å². The summed E-state index contributed by atoms with van der Waals surface area (Å²) >= 11 is 0. The topological polar surface area (TPSA) is 74.6 Å². The Kier molecular flexibility index (Phi) is 4.88. The second kappa shape index (κ2) is 5.82. The molecule has 62 valence electrons. The maximum atomic E-state index is 9.90. The first-order valence-corrected chi connectivity index (χ1v) is 3.02. The largest absolute Gasteiger partial charge is 0.481 e. The molecule has 0 aliphatic carbocycles. The molecule has 4 nitrogen and oxygen atoms in total. The molecular weight excluding hydrogens is 160 g/mol. The monoisotopic (exact) mass is 166 g/mol. The molecule has 0 aromatic rings. The Morgan fingerprint density at radius 2 is 1.25 bits per heavy atom. The highest BCUT2D eigenvalue weighted by molar-refractivity contribution is 5.71. The van der Waals surface area contributed by atoms with Crippen LogP contribution in [-0.2, 0) is 9.59 Å². The molecule has 0 aliphatic heterocycles. The molecule has 0 aliphatic rings. The lowest BCUT2D eigenvalue weighted by Crippen LogP contribution is -1.90. The van der Waals surface area contributed by atoms with Gasteiger partial charge in [-0.2, -0.15) is 0 Å². The summed E-state index contributed by atoms with van der Waals surface area (Å²) in [7, 11) is 0. The summed E-state index contributed by atoms with van der Waals surface area (Å²) in [6.07, 6.45) is -0.552. The molecule has 0 saturated heterocycles. The van der Waals surface area contributed by atoms with Crippen LogP contribution in [-0.4, -0.2) is 22.2 Å². The fourth-order valence-electron chi connectivity index (χ4n) is 0.328. The lowest BCUT2D eigenvalue weighted by Gasteiger charge is -1.75. The molecule has 0 aromatic carbocycles. The second-order valence-electron chi connectivity index (χ2n) is 1.74. The second-order valence-corrected chi connectivity index (χ2v) is 1.74. The Balaban J connectivity index is 3.74. The molecule has 0 aromatic heterocycles. The minimum Gasteiger partial charge on any atom is -0.481 e. The van der Waals surface area contributed by atoms with E-state index in [0.29, 0.717) is 0 Å². The summed E-state index contributed by atoms with van der Waals surface area (Å²) < 4.78 is 0. The lowest BCUT2D eigenvalue weighted by molar-refractivity contribution is -0.136. The van der Waals surface area contributed by atoms with Gasteiger partial charge in [-0.3, -0.25) is 9.59 Å². The zero-order chi connectivity index (χ0) is 9.40. The van der Waals surface area contributed by atoms with E-state index in [4.69, 9.17) is 10.2 Å². The summed E-state index contributed by atoms with van der Waals surface area (Å²) in [5.41, 5.74) is 0. The summed E-state index contributed by atoms with van der Waals surface area (Å²) in [6, 6.07) is 0. The van der Waals surface area contributed by atoms with E-state index in [2.05, 4.69) is 23.7 Å². The van der Waals surface area contributed by atoms with Gasteiger partial charge >= 0.3 is 11.9 Å². The van der Waals surface area contributed by atoms with Crippen LogP contribution in [0.5, 0.6) is 0 Å². The standard InChI is InChI=1S/C8H6O4/c9-7(10)5-3-1-2-4-6-8(11)12/h5-6H2,(H,9,10)(H,11,12). The van der Waals surface area contributed by atoms with E-state index >= 15 is 0 Å². The van der Waals surface area contributed by atoms with Gasteiger partial charge < -0.3 is 10.2 Å². The molecule has 0 saturated carbocycles. The first-order valence-electron chi connectivity index (χ1n) is 3.02. The third-order valence-corrected chi connectivity index (χ3v) is 0.719. The Morgan fingerprint density at radius 3 is 1.50 bits per heavy atom. The minimum absolute atomic E-state index is 0.276. The number of hydrogen-bond acceptors (Lipinski definition) is 2. The molecule has 12 heavy (non-hydrogen) atoms. The molecule has 0 radical (unpaired) electrons. The number of hydrogen-bond donors (Lipinski definition) is 2. The van der Waals surface area contributed by atoms with Gasteiger partial charge in [-0.15, -0.1) is 0 Å². The SMILES string of the molecule is O=C(O)CC#CC#CCC(=O)O. The van der Waals surface area contributed by atoms with Gasteiger partial charge in [0.2, 0.25) is 0 Å². The normalized spacial score (nSPS) is 7.00. The first kappa shape index (κ1) is 10.1. The van der Waals surface area contributed by atoms with Gasteiger partial charge in [-0.05, 0) is 11.8 Å². The van der Waals surface area contributed by atoms with E-state index in [0.717, 1.165) is 0 Å². The summed E-state index contributed by atoms with van der Waals surface area (Å²) in [5.74, 6) is 6.87. The molecule has 0 amide bonds. The van der Waals surface area contributed by atoms with Crippen LogP contribution >= 0.6 is 0 Å². The Hall–Kier alpha value is -1.94. The van der Waals surface area contributed by atoms with Crippen LogP contribution in [0.1, 0.15) is 12.8 Å². The number of carboxylic acid groups (broad SMARTS) is 2. The van der Waals surface area contributed by atoms with Crippen LogP contribution in [0.2, 0.25) is 0 Å². The smallest absolute Gasteiger partial charge is 0.315 e. The number of aliphatic carboxylic acids is 2. The maximum Gasteiger partial charge on any atom is 0.315 e. The Labute approximate surface area is 69.2 Å². The van der Waals surface area contributed by atoms with E-state index in [1.807, 2.05) is 0 Å². The van der Waals surface area contributed by atoms with Crippen molar-refractivity contribution in [2.75, 3.05) is 0 Å². The summed E-state index contributed by atoms with van der Waals surface area (Å²) in [6.45, 7) is 0. The van der Waals surface area contributed by atoms with Gasteiger partial charge in [0.25, 0.3) is 0 Å². The molecule has 0 rings (SSSR count). The molecule has 0 atom stereocenters. The van der Waals surface area contributed by atoms with Crippen LogP contribution in [0, 0.1) is 23.7 Å². The van der Waals surface area contributed by atoms with Crippen LogP contribution in [0.15, 0.2) is 0 Å². The fraction of sp³-hybridized carbons (Fsp3) is 0.250. The van der Waals surface area contributed by atoms with Crippen molar-refractivity contribution in [2.24, 2.45) is 0 Å². The van der Waals surface area contributed by atoms with E-state index < -0.39 is 11.9 Å². The molecule has 2 N–H and O–H groups in total. The Morgan fingerprint density at radius 1 is 0.917 bits per heavy atom. The third kappa shape index (κ3) is 8.06. The quantitative estimate of drug-likeness (QED) is 0.563. The summed E-state index contributed by atoms with van der Waals surface area (Å²) in [5, 5.41) is 16.2. The van der Waals surface area contributed by atoms with Gasteiger partial charge in [0.05, 0.1) is 0 Å². The fourth-order valence-corrected chi connectivity index (χ4v) is 0.328. The van der Waals surface area contributed by atoms with Crippen molar-refractivity contribution >= 4 is 11.9 Å². The van der Waals surface area contributed by atoms with Crippen LogP contribution in [0.4, 0.5) is 0 Å².